The van der Waals surface area contributed by atoms with Gasteiger partial charge in [0.25, 0.3) is 15.9 Å². The Morgan fingerprint density at radius 2 is 1.45 bits per heavy atom. The van der Waals surface area contributed by atoms with Crippen molar-refractivity contribution >= 4 is 62.1 Å². The van der Waals surface area contributed by atoms with Gasteiger partial charge in [-0.3, -0.25) is 9.52 Å². The number of alkyl halides is 3. The number of halogens is 7. The largest absolute Gasteiger partial charge is 0.418 e. The van der Waals surface area contributed by atoms with Crippen LogP contribution in [0.2, 0.25) is 15.1 Å². The molecule has 2 N–H and O–H groups in total. The number of carbonyl (C=O) groups excluding carboxylic acids is 1. The van der Waals surface area contributed by atoms with E-state index in [1.807, 2.05) is 0 Å². The van der Waals surface area contributed by atoms with Gasteiger partial charge < -0.3 is 5.32 Å². The van der Waals surface area contributed by atoms with Crippen molar-refractivity contribution in [1.82, 2.24) is 0 Å². The van der Waals surface area contributed by atoms with E-state index < -0.39 is 44.1 Å². The van der Waals surface area contributed by atoms with E-state index in [2.05, 4.69) is 5.32 Å². The number of amides is 1. The van der Waals surface area contributed by atoms with Crippen LogP contribution in [0.25, 0.3) is 0 Å². The summed E-state index contributed by atoms with van der Waals surface area (Å²) in [5.41, 5.74) is -2.50. The molecule has 0 fully saturated rings. The molecular weight excluding hydrogens is 531 g/mol. The van der Waals surface area contributed by atoms with Crippen LogP contribution in [-0.2, 0) is 16.2 Å². The molecule has 0 aliphatic heterocycles. The fourth-order valence-corrected chi connectivity index (χ4v) is 4.43. The van der Waals surface area contributed by atoms with Crippen molar-refractivity contribution < 1.29 is 30.8 Å². The Morgan fingerprint density at radius 3 is 2.06 bits per heavy atom. The molecule has 0 spiro atoms. The van der Waals surface area contributed by atoms with Gasteiger partial charge in [0.2, 0.25) is 0 Å². The SMILES string of the molecule is O=C(Nc1ccc(S(=O)(=O)Nc2ccc(Cl)cc2C(F)(F)F)cc1F)c1ccc(Cl)cc1Cl. The van der Waals surface area contributed by atoms with Gasteiger partial charge in [0.1, 0.15) is 5.82 Å². The summed E-state index contributed by atoms with van der Waals surface area (Å²) in [6.07, 6.45) is -4.90. The van der Waals surface area contributed by atoms with Crippen LogP contribution in [0, 0.1) is 5.82 Å². The summed E-state index contributed by atoms with van der Waals surface area (Å²) < 4.78 is 81.1. The van der Waals surface area contributed by atoms with E-state index in [1.54, 1.807) is 4.72 Å². The lowest BCUT2D eigenvalue weighted by molar-refractivity contribution is -0.136. The standard InChI is InChI=1S/C20H11Cl3F4N2O3S/c21-10-2-5-17(14(7-10)20(25,26)27)29-33(31,32)12-3-6-18(16(24)9-12)28-19(30)13-4-1-11(22)8-15(13)23/h1-9,29H,(H,28,30). The van der Waals surface area contributed by atoms with E-state index in [9.17, 15) is 30.8 Å². The third-order valence-corrected chi connectivity index (χ3v) is 6.35. The molecule has 174 valence electrons. The minimum Gasteiger partial charge on any atom is -0.319 e. The second kappa shape index (κ2) is 9.38. The highest BCUT2D eigenvalue weighted by Gasteiger charge is 2.35. The molecule has 1 amide bonds. The number of sulfonamides is 1. The Bertz CT molecular complexity index is 1350. The van der Waals surface area contributed by atoms with Crippen LogP contribution in [-0.4, -0.2) is 14.3 Å². The van der Waals surface area contributed by atoms with E-state index in [-0.39, 0.29) is 26.3 Å². The fraction of sp³-hybridized carbons (Fsp3) is 0.0500. The predicted octanol–water partition coefficient (Wildman–Crippen LogP) is 6.86. The molecule has 5 nitrogen and oxygen atoms in total. The molecule has 0 radical (unpaired) electrons. The first-order valence-corrected chi connectivity index (χ1v) is 11.3. The number of hydrogen-bond acceptors (Lipinski definition) is 3. The molecule has 0 aliphatic carbocycles. The summed E-state index contributed by atoms with van der Waals surface area (Å²) in [6, 6.07) is 8.87. The van der Waals surface area contributed by atoms with Crippen molar-refractivity contribution in [2.24, 2.45) is 0 Å². The second-order valence-corrected chi connectivity index (χ2v) is 9.48. The summed E-state index contributed by atoms with van der Waals surface area (Å²) >= 11 is 17.3. The maximum Gasteiger partial charge on any atom is 0.418 e. The van der Waals surface area contributed by atoms with Crippen LogP contribution in [0.15, 0.2) is 59.5 Å². The number of hydrogen-bond donors (Lipinski definition) is 2. The van der Waals surface area contributed by atoms with Crippen molar-refractivity contribution in [3.05, 3.63) is 86.6 Å². The van der Waals surface area contributed by atoms with E-state index in [4.69, 9.17) is 34.8 Å². The molecule has 33 heavy (non-hydrogen) atoms. The monoisotopic (exact) mass is 540 g/mol. The minimum absolute atomic E-state index is 0.00670. The van der Waals surface area contributed by atoms with Crippen molar-refractivity contribution in [1.29, 1.82) is 0 Å². The lowest BCUT2D eigenvalue weighted by Crippen LogP contribution is -2.18. The van der Waals surface area contributed by atoms with Gasteiger partial charge in [0.05, 0.1) is 32.4 Å². The van der Waals surface area contributed by atoms with Crippen molar-refractivity contribution in [2.75, 3.05) is 10.0 Å². The Labute approximate surface area is 200 Å². The molecule has 0 saturated carbocycles. The normalized spacial score (nSPS) is 11.8. The van der Waals surface area contributed by atoms with Crippen LogP contribution in [0.4, 0.5) is 28.9 Å². The Kier molecular flexibility index (Phi) is 7.13. The average Bonchev–Trinajstić information content (AvgIpc) is 2.69. The molecule has 3 aromatic carbocycles. The van der Waals surface area contributed by atoms with E-state index in [1.165, 1.54) is 18.2 Å². The first kappa shape index (κ1) is 25.1. The first-order valence-electron chi connectivity index (χ1n) is 8.73. The quantitative estimate of drug-likeness (QED) is 0.347. The summed E-state index contributed by atoms with van der Waals surface area (Å²) in [7, 11) is -4.62. The summed E-state index contributed by atoms with van der Waals surface area (Å²) in [5.74, 6) is -1.94. The summed E-state index contributed by atoms with van der Waals surface area (Å²) in [6.45, 7) is 0. The molecule has 0 aromatic heterocycles. The van der Waals surface area contributed by atoms with Crippen LogP contribution >= 0.6 is 34.8 Å². The highest BCUT2D eigenvalue weighted by molar-refractivity contribution is 7.92. The van der Waals surface area contributed by atoms with Gasteiger partial charge in [0.15, 0.2) is 0 Å². The maximum atomic E-state index is 14.5. The first-order chi connectivity index (χ1) is 15.3. The minimum atomic E-state index is -4.90. The molecule has 3 aromatic rings. The maximum absolute atomic E-state index is 14.5. The predicted molar refractivity (Wildman–Crippen MR) is 118 cm³/mol. The molecular formula is C20H11Cl3F4N2O3S. The fourth-order valence-electron chi connectivity index (χ4n) is 2.67. The molecule has 13 heteroatoms. The van der Waals surface area contributed by atoms with E-state index in [0.717, 1.165) is 24.3 Å². The topological polar surface area (TPSA) is 75.3 Å². The second-order valence-electron chi connectivity index (χ2n) is 6.51. The van der Waals surface area contributed by atoms with Crippen LogP contribution in [0.3, 0.4) is 0 Å². The molecule has 0 atom stereocenters. The number of benzene rings is 3. The molecule has 0 bridgehead atoms. The Morgan fingerprint density at radius 1 is 0.848 bits per heavy atom. The highest BCUT2D eigenvalue weighted by Crippen LogP contribution is 2.37. The number of rotatable bonds is 5. The van der Waals surface area contributed by atoms with Crippen molar-refractivity contribution in [2.45, 2.75) is 11.1 Å². The van der Waals surface area contributed by atoms with Gasteiger partial charge in [-0.1, -0.05) is 34.8 Å². The van der Waals surface area contributed by atoms with E-state index in [0.29, 0.717) is 12.1 Å². The smallest absolute Gasteiger partial charge is 0.319 e. The summed E-state index contributed by atoms with van der Waals surface area (Å²) in [5, 5.41) is 2.26. The summed E-state index contributed by atoms with van der Waals surface area (Å²) in [4.78, 5) is 11.7. The molecule has 0 aliphatic rings. The molecule has 0 heterocycles. The van der Waals surface area contributed by atoms with Gasteiger partial charge in [0, 0.05) is 10.0 Å². The van der Waals surface area contributed by atoms with E-state index >= 15 is 0 Å². The third-order valence-electron chi connectivity index (χ3n) is 4.21. The van der Waals surface area contributed by atoms with Gasteiger partial charge in [-0.25, -0.2) is 12.8 Å². The van der Waals surface area contributed by atoms with Gasteiger partial charge in [-0.05, 0) is 54.6 Å². The zero-order valence-corrected chi connectivity index (χ0v) is 19.1. The van der Waals surface area contributed by atoms with Gasteiger partial charge in [-0.15, -0.1) is 0 Å². The molecule has 0 saturated heterocycles. The highest BCUT2D eigenvalue weighted by atomic mass is 35.5. The molecule has 3 rings (SSSR count). The molecule has 0 unspecified atom stereocenters. The zero-order chi connectivity index (χ0) is 24.6. The Hall–Kier alpha value is -2.53. The van der Waals surface area contributed by atoms with Crippen molar-refractivity contribution in [3.63, 3.8) is 0 Å². The zero-order valence-electron chi connectivity index (χ0n) is 16.0. The number of carbonyl (C=O) groups is 1. The van der Waals surface area contributed by atoms with Crippen LogP contribution in [0.5, 0.6) is 0 Å². The average molecular weight is 542 g/mol. The lowest BCUT2D eigenvalue weighted by Gasteiger charge is -2.15. The number of nitrogens with one attached hydrogen (secondary N) is 2. The van der Waals surface area contributed by atoms with Crippen LogP contribution < -0.4 is 10.0 Å². The van der Waals surface area contributed by atoms with Crippen LogP contribution in [0.1, 0.15) is 15.9 Å². The van der Waals surface area contributed by atoms with Crippen molar-refractivity contribution in [3.8, 4) is 0 Å². The lowest BCUT2D eigenvalue weighted by atomic mass is 10.2. The van der Waals surface area contributed by atoms with Gasteiger partial charge >= 0.3 is 6.18 Å². The number of anilines is 2. The third kappa shape index (κ3) is 5.89. The Balaban J connectivity index is 1.87. The van der Waals surface area contributed by atoms with Gasteiger partial charge in [-0.2, -0.15) is 13.2 Å².